The summed E-state index contributed by atoms with van der Waals surface area (Å²) in [5.74, 6) is 0.579. The summed E-state index contributed by atoms with van der Waals surface area (Å²) in [6, 6.07) is 14.8. The van der Waals surface area contributed by atoms with Gasteiger partial charge in [-0.1, -0.05) is 23.9 Å². The van der Waals surface area contributed by atoms with Crippen molar-refractivity contribution in [2.24, 2.45) is 0 Å². The predicted molar refractivity (Wildman–Crippen MR) is 118 cm³/mol. The molecule has 0 saturated carbocycles. The molecule has 7 heteroatoms. The SMILES string of the molecule is COc1ccc(NC(=O)c2ccccc2Sc2ncnc3sc(C)c(C)c23)cc1. The molecule has 0 atom stereocenters. The number of fused-ring (bicyclic) bond motifs is 1. The number of aromatic nitrogens is 2. The van der Waals surface area contributed by atoms with Crippen LogP contribution in [-0.2, 0) is 0 Å². The van der Waals surface area contributed by atoms with E-state index in [1.807, 2.05) is 48.5 Å². The number of hydrogen-bond donors (Lipinski definition) is 1. The van der Waals surface area contributed by atoms with Crippen LogP contribution < -0.4 is 10.1 Å². The van der Waals surface area contributed by atoms with E-state index in [-0.39, 0.29) is 5.91 Å². The van der Waals surface area contributed by atoms with Crippen LogP contribution in [0.2, 0.25) is 0 Å². The Balaban J connectivity index is 1.64. The van der Waals surface area contributed by atoms with Crippen molar-refractivity contribution >= 4 is 44.9 Å². The second-order valence-corrected chi connectivity index (χ2v) is 8.66. The molecule has 1 N–H and O–H groups in total. The smallest absolute Gasteiger partial charge is 0.256 e. The lowest BCUT2D eigenvalue weighted by Gasteiger charge is -2.11. The topological polar surface area (TPSA) is 64.1 Å². The van der Waals surface area contributed by atoms with Crippen LogP contribution in [0.5, 0.6) is 5.75 Å². The van der Waals surface area contributed by atoms with Crippen LogP contribution >= 0.6 is 23.1 Å². The molecule has 146 valence electrons. The van der Waals surface area contributed by atoms with Crippen molar-refractivity contribution in [3.05, 3.63) is 70.9 Å². The Hall–Kier alpha value is -2.90. The van der Waals surface area contributed by atoms with Crippen LogP contribution in [0.4, 0.5) is 5.69 Å². The largest absolute Gasteiger partial charge is 0.497 e. The number of methoxy groups -OCH3 is 1. The van der Waals surface area contributed by atoms with Gasteiger partial charge in [0.2, 0.25) is 0 Å². The average Bonchev–Trinajstić information content (AvgIpc) is 3.03. The minimum Gasteiger partial charge on any atom is -0.497 e. The van der Waals surface area contributed by atoms with Gasteiger partial charge in [0.05, 0.1) is 12.7 Å². The first-order valence-corrected chi connectivity index (χ1v) is 10.6. The standard InChI is InChI=1S/C22H19N3O2S2/c1-13-14(2)28-21-19(13)22(24-12-23-21)29-18-7-5-4-6-17(18)20(26)25-15-8-10-16(27-3)11-9-15/h4-12H,1-3H3,(H,25,26). The van der Waals surface area contributed by atoms with E-state index in [1.165, 1.54) is 22.2 Å². The highest BCUT2D eigenvalue weighted by Gasteiger charge is 2.17. The molecular formula is C22H19N3O2S2. The van der Waals surface area contributed by atoms with Gasteiger partial charge in [0.1, 0.15) is 21.9 Å². The summed E-state index contributed by atoms with van der Waals surface area (Å²) in [6.07, 6.45) is 1.58. The van der Waals surface area contributed by atoms with Crippen molar-refractivity contribution < 1.29 is 9.53 Å². The van der Waals surface area contributed by atoms with Gasteiger partial charge in [0.15, 0.2) is 0 Å². The van der Waals surface area contributed by atoms with E-state index in [9.17, 15) is 4.79 Å². The molecule has 2 heterocycles. The molecule has 2 aromatic heterocycles. The third-order valence-electron chi connectivity index (χ3n) is 4.62. The van der Waals surface area contributed by atoms with E-state index in [0.717, 1.165) is 25.9 Å². The van der Waals surface area contributed by atoms with Gasteiger partial charge in [0.25, 0.3) is 5.91 Å². The zero-order valence-corrected chi connectivity index (χ0v) is 17.9. The zero-order valence-electron chi connectivity index (χ0n) is 16.2. The molecular weight excluding hydrogens is 402 g/mol. The lowest BCUT2D eigenvalue weighted by atomic mass is 10.2. The van der Waals surface area contributed by atoms with E-state index < -0.39 is 0 Å². The number of aryl methyl sites for hydroxylation is 2. The fourth-order valence-electron chi connectivity index (χ4n) is 2.95. The van der Waals surface area contributed by atoms with Gasteiger partial charge < -0.3 is 10.1 Å². The molecule has 5 nitrogen and oxygen atoms in total. The van der Waals surface area contributed by atoms with Crippen molar-refractivity contribution in [3.8, 4) is 5.75 Å². The summed E-state index contributed by atoms with van der Waals surface area (Å²) in [7, 11) is 1.61. The minimum atomic E-state index is -0.165. The summed E-state index contributed by atoms with van der Waals surface area (Å²) in [5, 5.41) is 4.87. The van der Waals surface area contributed by atoms with E-state index in [2.05, 4.69) is 29.1 Å². The van der Waals surface area contributed by atoms with E-state index in [4.69, 9.17) is 4.74 Å². The van der Waals surface area contributed by atoms with Gasteiger partial charge in [-0.05, 0) is 55.8 Å². The zero-order chi connectivity index (χ0) is 20.4. The Morgan fingerprint density at radius 3 is 2.59 bits per heavy atom. The molecule has 29 heavy (non-hydrogen) atoms. The molecule has 0 fully saturated rings. The lowest BCUT2D eigenvalue weighted by Crippen LogP contribution is -2.12. The fraction of sp³-hybridized carbons (Fsp3) is 0.136. The van der Waals surface area contributed by atoms with E-state index in [1.54, 1.807) is 24.8 Å². The van der Waals surface area contributed by atoms with Gasteiger partial charge in [-0.25, -0.2) is 9.97 Å². The maximum Gasteiger partial charge on any atom is 0.256 e. The van der Waals surface area contributed by atoms with E-state index >= 15 is 0 Å². The number of rotatable bonds is 5. The molecule has 4 aromatic rings. The van der Waals surface area contributed by atoms with Crippen LogP contribution in [-0.4, -0.2) is 23.0 Å². The number of amides is 1. The molecule has 0 aliphatic rings. The monoisotopic (exact) mass is 421 g/mol. The van der Waals surface area contributed by atoms with Gasteiger partial charge in [0, 0.05) is 20.8 Å². The first kappa shape index (κ1) is 19.4. The van der Waals surface area contributed by atoms with Crippen molar-refractivity contribution in [2.75, 3.05) is 12.4 Å². The lowest BCUT2D eigenvalue weighted by molar-refractivity contribution is 0.102. The van der Waals surface area contributed by atoms with Crippen molar-refractivity contribution in [1.82, 2.24) is 9.97 Å². The Morgan fingerprint density at radius 2 is 1.83 bits per heavy atom. The average molecular weight is 422 g/mol. The van der Waals surface area contributed by atoms with Gasteiger partial charge in [-0.3, -0.25) is 4.79 Å². The number of thiophene rings is 1. The Kier molecular flexibility index (Phi) is 5.51. The quantitative estimate of drug-likeness (QED) is 0.418. The van der Waals surface area contributed by atoms with Gasteiger partial charge in [-0.15, -0.1) is 11.3 Å². The third kappa shape index (κ3) is 3.97. The summed E-state index contributed by atoms with van der Waals surface area (Å²) in [4.78, 5) is 24.9. The van der Waals surface area contributed by atoms with Crippen molar-refractivity contribution in [2.45, 2.75) is 23.8 Å². The van der Waals surface area contributed by atoms with Gasteiger partial charge in [-0.2, -0.15) is 0 Å². The Morgan fingerprint density at radius 1 is 1.07 bits per heavy atom. The van der Waals surface area contributed by atoms with Crippen LogP contribution in [0, 0.1) is 13.8 Å². The first-order chi connectivity index (χ1) is 14.1. The first-order valence-electron chi connectivity index (χ1n) is 9.00. The number of benzene rings is 2. The highest BCUT2D eigenvalue weighted by molar-refractivity contribution is 7.99. The molecule has 4 rings (SSSR count). The number of carbonyl (C=O) groups excluding carboxylic acids is 1. The van der Waals surface area contributed by atoms with Crippen LogP contribution in [0.3, 0.4) is 0 Å². The van der Waals surface area contributed by atoms with E-state index in [0.29, 0.717) is 11.3 Å². The number of carbonyl (C=O) groups is 1. The van der Waals surface area contributed by atoms with Gasteiger partial charge >= 0.3 is 0 Å². The van der Waals surface area contributed by atoms with Crippen molar-refractivity contribution in [3.63, 3.8) is 0 Å². The summed E-state index contributed by atoms with van der Waals surface area (Å²) in [5.41, 5.74) is 2.50. The Bertz CT molecular complexity index is 1190. The highest BCUT2D eigenvalue weighted by atomic mass is 32.2. The number of nitrogens with zero attached hydrogens (tertiary/aromatic N) is 2. The molecule has 0 radical (unpaired) electrons. The predicted octanol–water partition coefficient (Wildman–Crippen LogP) is 5.72. The fourth-order valence-corrected chi connectivity index (χ4v) is 5.09. The minimum absolute atomic E-state index is 0.165. The second kappa shape index (κ2) is 8.23. The maximum atomic E-state index is 12.9. The summed E-state index contributed by atoms with van der Waals surface area (Å²) >= 11 is 3.16. The molecule has 0 spiro atoms. The number of hydrogen-bond acceptors (Lipinski definition) is 6. The molecule has 2 aromatic carbocycles. The van der Waals surface area contributed by atoms with Crippen LogP contribution in [0.15, 0.2) is 64.8 Å². The number of anilines is 1. The molecule has 0 bridgehead atoms. The molecule has 1 amide bonds. The molecule has 0 saturated heterocycles. The highest BCUT2D eigenvalue weighted by Crippen LogP contribution is 2.38. The maximum absolute atomic E-state index is 12.9. The molecule has 0 aliphatic heterocycles. The van der Waals surface area contributed by atoms with Crippen LogP contribution in [0.25, 0.3) is 10.2 Å². The molecule has 0 unspecified atom stereocenters. The van der Waals surface area contributed by atoms with Crippen LogP contribution in [0.1, 0.15) is 20.8 Å². The van der Waals surface area contributed by atoms with Crippen molar-refractivity contribution in [1.29, 1.82) is 0 Å². The Labute approximate surface area is 177 Å². The number of nitrogens with one attached hydrogen (secondary N) is 1. The second-order valence-electron chi connectivity index (χ2n) is 6.42. The number of ether oxygens (including phenoxy) is 1. The molecule has 0 aliphatic carbocycles. The summed E-state index contributed by atoms with van der Waals surface area (Å²) < 4.78 is 5.16. The third-order valence-corrected chi connectivity index (χ3v) is 6.81. The normalized spacial score (nSPS) is 10.9. The summed E-state index contributed by atoms with van der Waals surface area (Å²) in [6.45, 7) is 4.18.